The Morgan fingerprint density at radius 1 is 1.37 bits per heavy atom. The van der Waals surface area contributed by atoms with Crippen molar-refractivity contribution in [1.82, 2.24) is 4.90 Å². The maximum Gasteiger partial charge on any atom is 0.0991 e. The van der Waals surface area contributed by atoms with Crippen LogP contribution in [0.3, 0.4) is 0 Å². The number of hydrogen-bond donors (Lipinski definition) is 0. The number of nitriles is 1. The van der Waals surface area contributed by atoms with Gasteiger partial charge in [-0.2, -0.15) is 5.26 Å². The first-order chi connectivity index (χ1) is 9.10. The molecule has 1 aliphatic carbocycles. The van der Waals surface area contributed by atoms with E-state index in [1.165, 1.54) is 36.8 Å². The average Bonchev–Trinajstić information content (AvgIpc) is 2.41. The van der Waals surface area contributed by atoms with Crippen LogP contribution >= 0.6 is 0 Å². The van der Waals surface area contributed by atoms with Crippen molar-refractivity contribution in [2.75, 3.05) is 7.05 Å². The van der Waals surface area contributed by atoms with Gasteiger partial charge in [0, 0.05) is 12.6 Å². The van der Waals surface area contributed by atoms with E-state index in [1.54, 1.807) is 0 Å². The highest BCUT2D eigenvalue weighted by Gasteiger charge is 2.22. The number of nitrogens with zero attached hydrogens (tertiary/aromatic N) is 2. The molecule has 1 saturated carbocycles. The Bertz CT molecular complexity index is 473. The van der Waals surface area contributed by atoms with Crippen LogP contribution in [0.15, 0.2) is 18.2 Å². The van der Waals surface area contributed by atoms with Crippen molar-refractivity contribution in [2.24, 2.45) is 5.92 Å². The van der Waals surface area contributed by atoms with Gasteiger partial charge in [-0.1, -0.05) is 25.8 Å². The second-order valence-corrected chi connectivity index (χ2v) is 6.09. The molecule has 0 radical (unpaired) electrons. The Morgan fingerprint density at radius 3 is 2.79 bits per heavy atom. The summed E-state index contributed by atoms with van der Waals surface area (Å²) in [5, 5.41) is 8.91. The van der Waals surface area contributed by atoms with Gasteiger partial charge in [0.25, 0.3) is 0 Å². The summed E-state index contributed by atoms with van der Waals surface area (Å²) in [4.78, 5) is 2.49. The summed E-state index contributed by atoms with van der Waals surface area (Å²) in [5.74, 6) is 0.864. The lowest BCUT2D eigenvalue weighted by atomic mass is 9.86. The Hall–Kier alpha value is -1.33. The average molecular weight is 256 g/mol. The lowest BCUT2D eigenvalue weighted by Gasteiger charge is -2.34. The molecule has 0 spiro atoms. The zero-order valence-electron chi connectivity index (χ0n) is 12.3. The van der Waals surface area contributed by atoms with Gasteiger partial charge in [0.2, 0.25) is 0 Å². The molecule has 0 aliphatic heterocycles. The molecule has 0 heterocycles. The van der Waals surface area contributed by atoms with E-state index in [9.17, 15) is 0 Å². The van der Waals surface area contributed by atoms with Gasteiger partial charge in [0.1, 0.15) is 0 Å². The minimum atomic E-state index is 0.721. The number of rotatable bonds is 3. The molecule has 0 N–H and O–H groups in total. The van der Waals surface area contributed by atoms with E-state index in [4.69, 9.17) is 5.26 Å². The molecule has 1 aliphatic rings. The third-order valence-electron chi connectivity index (χ3n) is 4.42. The van der Waals surface area contributed by atoms with Crippen LogP contribution in [0.1, 0.15) is 49.3 Å². The molecule has 2 unspecified atom stereocenters. The van der Waals surface area contributed by atoms with Gasteiger partial charge in [-0.3, -0.25) is 4.90 Å². The predicted molar refractivity (Wildman–Crippen MR) is 78.8 cm³/mol. The maximum atomic E-state index is 8.91. The smallest absolute Gasteiger partial charge is 0.0991 e. The van der Waals surface area contributed by atoms with Crippen molar-refractivity contribution in [3.8, 4) is 6.07 Å². The molecule has 2 rings (SSSR count). The highest BCUT2D eigenvalue weighted by Crippen LogP contribution is 2.27. The summed E-state index contributed by atoms with van der Waals surface area (Å²) in [6.45, 7) is 5.47. The van der Waals surface area contributed by atoms with Crippen molar-refractivity contribution in [3.63, 3.8) is 0 Å². The molecule has 102 valence electrons. The summed E-state index contributed by atoms with van der Waals surface area (Å²) in [6.07, 6.45) is 5.41. The van der Waals surface area contributed by atoms with E-state index in [0.717, 1.165) is 24.1 Å². The summed E-state index contributed by atoms with van der Waals surface area (Å²) in [5.41, 5.74) is 3.34. The fourth-order valence-electron chi connectivity index (χ4n) is 3.14. The molecule has 0 saturated heterocycles. The SMILES string of the molecule is Cc1cc(C#N)ccc1CN(C)C1CCCC(C)C1. The normalized spacial score (nSPS) is 23.3. The topological polar surface area (TPSA) is 27.0 Å². The molecular weight excluding hydrogens is 232 g/mol. The van der Waals surface area contributed by atoms with Crippen LogP contribution in [0.5, 0.6) is 0 Å². The lowest BCUT2D eigenvalue weighted by Crippen LogP contribution is -2.35. The van der Waals surface area contributed by atoms with Gasteiger partial charge in [-0.15, -0.1) is 0 Å². The predicted octanol–water partition coefficient (Wildman–Crippen LogP) is 3.88. The van der Waals surface area contributed by atoms with E-state index in [1.807, 2.05) is 12.1 Å². The van der Waals surface area contributed by atoms with Crippen LogP contribution in [0, 0.1) is 24.2 Å². The van der Waals surface area contributed by atoms with Crippen LogP contribution in [-0.4, -0.2) is 18.0 Å². The van der Waals surface area contributed by atoms with Crippen LogP contribution in [0.25, 0.3) is 0 Å². The molecule has 0 amide bonds. The molecular formula is C17H24N2. The van der Waals surface area contributed by atoms with Crippen molar-refractivity contribution in [3.05, 3.63) is 34.9 Å². The van der Waals surface area contributed by atoms with E-state index < -0.39 is 0 Å². The van der Waals surface area contributed by atoms with Gasteiger partial charge in [0.05, 0.1) is 11.6 Å². The third-order valence-corrected chi connectivity index (χ3v) is 4.42. The summed E-state index contributed by atoms with van der Waals surface area (Å²) < 4.78 is 0. The van der Waals surface area contributed by atoms with E-state index in [-0.39, 0.29) is 0 Å². The second-order valence-electron chi connectivity index (χ2n) is 6.09. The zero-order valence-corrected chi connectivity index (χ0v) is 12.3. The largest absolute Gasteiger partial charge is 0.299 e. The van der Waals surface area contributed by atoms with Gasteiger partial charge in [-0.25, -0.2) is 0 Å². The zero-order chi connectivity index (χ0) is 13.8. The van der Waals surface area contributed by atoms with Gasteiger partial charge >= 0.3 is 0 Å². The van der Waals surface area contributed by atoms with Gasteiger partial charge in [-0.05, 0) is 56.0 Å². The first kappa shape index (κ1) is 14.1. The quantitative estimate of drug-likeness (QED) is 0.820. The Labute approximate surface area is 117 Å². The van der Waals surface area contributed by atoms with Crippen LogP contribution in [-0.2, 0) is 6.54 Å². The van der Waals surface area contributed by atoms with E-state index in [0.29, 0.717) is 0 Å². The highest BCUT2D eigenvalue weighted by molar-refractivity contribution is 5.37. The molecule has 2 heteroatoms. The van der Waals surface area contributed by atoms with Crippen LogP contribution in [0.4, 0.5) is 0 Å². The van der Waals surface area contributed by atoms with Crippen molar-refractivity contribution < 1.29 is 0 Å². The Morgan fingerprint density at radius 2 is 2.16 bits per heavy atom. The van der Waals surface area contributed by atoms with Gasteiger partial charge < -0.3 is 0 Å². The maximum absolute atomic E-state index is 8.91. The third kappa shape index (κ3) is 3.58. The van der Waals surface area contributed by atoms with Gasteiger partial charge in [0.15, 0.2) is 0 Å². The molecule has 1 aromatic rings. The summed E-state index contributed by atoms with van der Waals surface area (Å²) in [7, 11) is 2.24. The lowest BCUT2D eigenvalue weighted by molar-refractivity contribution is 0.157. The molecule has 2 nitrogen and oxygen atoms in total. The first-order valence-corrected chi connectivity index (χ1v) is 7.30. The first-order valence-electron chi connectivity index (χ1n) is 7.30. The number of aryl methyl sites for hydroxylation is 1. The molecule has 1 aromatic carbocycles. The van der Waals surface area contributed by atoms with E-state index >= 15 is 0 Å². The molecule has 2 atom stereocenters. The molecule has 19 heavy (non-hydrogen) atoms. The Balaban J connectivity index is 2.02. The van der Waals surface area contributed by atoms with Crippen molar-refractivity contribution in [1.29, 1.82) is 5.26 Å². The standard InChI is InChI=1S/C17H24N2/c1-13-5-4-6-17(9-13)19(3)12-16-8-7-15(11-18)10-14(16)2/h7-8,10,13,17H,4-6,9,12H2,1-3H3. The summed E-state index contributed by atoms with van der Waals surface area (Å²) >= 11 is 0. The number of hydrogen-bond acceptors (Lipinski definition) is 2. The Kier molecular flexibility index (Phi) is 4.61. The monoisotopic (exact) mass is 256 g/mol. The second kappa shape index (κ2) is 6.21. The molecule has 0 bridgehead atoms. The van der Waals surface area contributed by atoms with Crippen LogP contribution < -0.4 is 0 Å². The molecule has 0 aromatic heterocycles. The fraction of sp³-hybridized carbons (Fsp3) is 0.588. The van der Waals surface area contributed by atoms with E-state index in [2.05, 4.69) is 37.9 Å². The van der Waals surface area contributed by atoms with Crippen molar-refractivity contribution in [2.45, 2.75) is 52.1 Å². The highest BCUT2D eigenvalue weighted by atomic mass is 15.1. The van der Waals surface area contributed by atoms with Crippen molar-refractivity contribution >= 4 is 0 Å². The summed E-state index contributed by atoms with van der Waals surface area (Å²) in [6, 6.07) is 8.96. The molecule has 1 fully saturated rings. The minimum absolute atomic E-state index is 0.721. The van der Waals surface area contributed by atoms with Crippen LogP contribution in [0.2, 0.25) is 0 Å². The minimum Gasteiger partial charge on any atom is -0.299 e. The number of benzene rings is 1. The fourth-order valence-corrected chi connectivity index (χ4v) is 3.14.